The van der Waals surface area contributed by atoms with Crippen LogP contribution in [-0.4, -0.2) is 84.1 Å². The molecule has 3 aliphatic rings. The van der Waals surface area contributed by atoms with Gasteiger partial charge in [0.1, 0.15) is 0 Å². The second kappa shape index (κ2) is 11.1. The third-order valence-electron chi connectivity index (χ3n) is 8.67. The fraction of sp³-hybridized carbons (Fsp3) is 0.367. The summed E-state index contributed by atoms with van der Waals surface area (Å²) in [6.45, 7) is 1.59. The van der Waals surface area contributed by atoms with Gasteiger partial charge in [0.2, 0.25) is 17.7 Å². The number of amides is 5. The molecule has 11 nitrogen and oxygen atoms in total. The number of piperidine rings is 1. The van der Waals surface area contributed by atoms with Crippen LogP contribution in [0.15, 0.2) is 42.6 Å². The largest absolute Gasteiger partial charge is 0.361 e. The summed E-state index contributed by atoms with van der Waals surface area (Å²) in [6, 6.07) is 10.5. The molecule has 0 radical (unpaired) electrons. The Morgan fingerprint density at radius 2 is 1.83 bits per heavy atom. The first-order chi connectivity index (χ1) is 20.2. The Morgan fingerprint density at radius 1 is 1.02 bits per heavy atom. The summed E-state index contributed by atoms with van der Waals surface area (Å²) in [6.07, 6.45) is 1.95. The summed E-state index contributed by atoms with van der Waals surface area (Å²) >= 11 is 6.11. The lowest BCUT2D eigenvalue weighted by Gasteiger charge is -2.39. The van der Waals surface area contributed by atoms with Gasteiger partial charge in [0, 0.05) is 73.0 Å². The molecule has 2 aromatic carbocycles. The van der Waals surface area contributed by atoms with Crippen molar-refractivity contribution >= 4 is 52.0 Å². The Kier molecular flexibility index (Phi) is 7.36. The molecule has 0 spiro atoms. The predicted molar refractivity (Wildman–Crippen MR) is 155 cm³/mol. The van der Waals surface area contributed by atoms with E-state index in [1.807, 2.05) is 12.1 Å². The van der Waals surface area contributed by atoms with Crippen molar-refractivity contribution in [1.82, 2.24) is 30.7 Å². The van der Waals surface area contributed by atoms with E-state index in [9.17, 15) is 24.0 Å². The molecule has 12 heteroatoms. The summed E-state index contributed by atoms with van der Waals surface area (Å²) in [5.74, 6) is -1.94. The minimum Gasteiger partial charge on any atom is -0.361 e. The molecule has 5 amide bonds. The summed E-state index contributed by atoms with van der Waals surface area (Å²) in [5, 5.41) is 9.47. The zero-order valence-electron chi connectivity index (χ0n) is 23.0. The van der Waals surface area contributed by atoms with E-state index in [1.165, 1.54) is 7.05 Å². The van der Waals surface area contributed by atoms with Crippen molar-refractivity contribution in [2.24, 2.45) is 17.8 Å². The van der Waals surface area contributed by atoms with Crippen LogP contribution in [0.5, 0.6) is 0 Å². The van der Waals surface area contributed by atoms with Gasteiger partial charge in [-0.3, -0.25) is 24.0 Å². The first-order valence-electron chi connectivity index (χ1n) is 13.9. The van der Waals surface area contributed by atoms with E-state index in [-0.39, 0.29) is 60.9 Å². The highest BCUT2D eigenvalue weighted by molar-refractivity contribution is 6.31. The number of likely N-dealkylation sites (tertiary alicyclic amines) is 2. The third-order valence-corrected chi connectivity index (χ3v) is 8.90. The highest BCUT2D eigenvalue weighted by atomic mass is 35.5. The molecule has 42 heavy (non-hydrogen) atoms. The van der Waals surface area contributed by atoms with E-state index in [0.717, 1.165) is 22.0 Å². The maximum absolute atomic E-state index is 13.6. The predicted octanol–water partition coefficient (Wildman–Crippen LogP) is 1.32. The van der Waals surface area contributed by atoms with Crippen LogP contribution in [0.4, 0.5) is 0 Å². The van der Waals surface area contributed by atoms with Crippen LogP contribution in [0.3, 0.4) is 0 Å². The van der Waals surface area contributed by atoms with Crippen molar-refractivity contribution in [3.8, 4) is 0 Å². The minimum absolute atomic E-state index is 0.109. The fourth-order valence-corrected chi connectivity index (χ4v) is 6.61. The summed E-state index contributed by atoms with van der Waals surface area (Å²) < 4.78 is 0. The average molecular weight is 591 g/mol. The van der Waals surface area contributed by atoms with Crippen molar-refractivity contribution < 1.29 is 24.0 Å². The van der Waals surface area contributed by atoms with Gasteiger partial charge in [-0.05, 0) is 53.3 Å². The van der Waals surface area contributed by atoms with E-state index in [1.54, 1.807) is 40.3 Å². The van der Waals surface area contributed by atoms with Crippen LogP contribution in [0.2, 0.25) is 5.02 Å². The van der Waals surface area contributed by atoms with E-state index in [4.69, 9.17) is 11.6 Å². The molecule has 4 N–H and O–H groups in total. The minimum atomic E-state index is -0.584. The Morgan fingerprint density at radius 3 is 2.64 bits per heavy atom. The zero-order valence-corrected chi connectivity index (χ0v) is 23.8. The summed E-state index contributed by atoms with van der Waals surface area (Å²) in [4.78, 5) is 70.9. The Bertz CT molecular complexity index is 1620. The average Bonchev–Trinajstić information content (AvgIpc) is 3.71. The number of fused-ring (bicyclic) bond motifs is 3. The first-order valence-corrected chi connectivity index (χ1v) is 14.3. The Labute approximate surface area is 246 Å². The van der Waals surface area contributed by atoms with Gasteiger partial charge >= 0.3 is 0 Å². The van der Waals surface area contributed by atoms with E-state index in [2.05, 4.69) is 20.9 Å². The van der Waals surface area contributed by atoms with E-state index < -0.39 is 5.92 Å². The Balaban J connectivity index is 1.21. The SMILES string of the molecule is CNC(=O)CNC(=O)C1CN(C(=O)Cc2c[nH]c3cc(Cl)ccc23)CC2CN(C(=O)c3ccc4c(c3)CNC4=O)CC21. The number of carbonyl (C=O) groups excluding carboxylic acids is 5. The van der Waals surface area contributed by atoms with Gasteiger partial charge in [-0.2, -0.15) is 0 Å². The third kappa shape index (κ3) is 5.20. The Hall–Kier alpha value is -4.38. The first kappa shape index (κ1) is 27.8. The molecule has 3 aromatic rings. The number of hydrogen-bond donors (Lipinski definition) is 4. The molecule has 4 heterocycles. The van der Waals surface area contributed by atoms with Crippen molar-refractivity contribution in [3.05, 3.63) is 69.9 Å². The molecule has 3 aliphatic heterocycles. The van der Waals surface area contributed by atoms with Crippen molar-refractivity contribution in [1.29, 1.82) is 0 Å². The summed E-state index contributed by atoms with van der Waals surface area (Å²) in [7, 11) is 1.50. The highest BCUT2D eigenvalue weighted by Gasteiger charge is 2.48. The van der Waals surface area contributed by atoms with Gasteiger partial charge in [-0.25, -0.2) is 0 Å². The number of halogens is 1. The normalized spacial score (nSPS) is 21.1. The number of rotatable bonds is 6. The van der Waals surface area contributed by atoms with Crippen molar-refractivity contribution in [2.75, 3.05) is 39.8 Å². The number of aromatic nitrogens is 1. The number of hydrogen-bond acceptors (Lipinski definition) is 5. The van der Waals surface area contributed by atoms with Crippen LogP contribution in [0.25, 0.3) is 10.9 Å². The molecule has 2 saturated heterocycles. The lowest BCUT2D eigenvalue weighted by atomic mass is 9.79. The van der Waals surface area contributed by atoms with Crippen LogP contribution in [-0.2, 0) is 27.3 Å². The second-order valence-corrected chi connectivity index (χ2v) is 11.6. The number of nitrogens with zero attached hydrogens (tertiary/aromatic N) is 2. The maximum atomic E-state index is 13.6. The lowest BCUT2D eigenvalue weighted by Crippen LogP contribution is -2.54. The lowest BCUT2D eigenvalue weighted by molar-refractivity contribution is -0.139. The van der Waals surface area contributed by atoms with Gasteiger partial charge in [0.15, 0.2) is 0 Å². The maximum Gasteiger partial charge on any atom is 0.253 e. The van der Waals surface area contributed by atoms with E-state index in [0.29, 0.717) is 42.3 Å². The second-order valence-electron chi connectivity index (χ2n) is 11.2. The molecule has 6 rings (SSSR count). The smallest absolute Gasteiger partial charge is 0.253 e. The molecule has 3 unspecified atom stereocenters. The molecule has 0 saturated carbocycles. The fourth-order valence-electron chi connectivity index (χ4n) is 6.44. The topological polar surface area (TPSA) is 144 Å². The number of benzene rings is 2. The van der Waals surface area contributed by atoms with E-state index >= 15 is 0 Å². The van der Waals surface area contributed by atoms with Crippen LogP contribution < -0.4 is 16.0 Å². The number of H-pyrrole nitrogens is 1. The number of nitrogens with one attached hydrogen (secondary N) is 4. The number of carbonyl (C=O) groups is 5. The van der Waals surface area contributed by atoms with Crippen LogP contribution in [0, 0.1) is 17.8 Å². The molecular weight excluding hydrogens is 560 g/mol. The monoisotopic (exact) mass is 590 g/mol. The zero-order chi connectivity index (χ0) is 29.5. The molecule has 2 fully saturated rings. The van der Waals surface area contributed by atoms with Crippen molar-refractivity contribution in [3.63, 3.8) is 0 Å². The van der Waals surface area contributed by atoms with Crippen LogP contribution >= 0.6 is 11.6 Å². The standard InChI is InChI=1S/C30H31ClN6O5/c1-32-26(38)11-35-29(41)24-15-36(27(39)7-18-9-33-25-8-20(31)3-5-21(18)25)12-19-13-37(14-23(19)24)30(42)16-2-4-22-17(6-16)10-34-28(22)40/h2-6,8-9,19,23-24,33H,7,10-15H2,1H3,(H,32,38)(H,34,40)(H,35,41). The molecule has 1 aromatic heterocycles. The summed E-state index contributed by atoms with van der Waals surface area (Å²) in [5.41, 5.74) is 3.51. The van der Waals surface area contributed by atoms with Gasteiger partial charge < -0.3 is 30.7 Å². The van der Waals surface area contributed by atoms with Gasteiger partial charge in [0.05, 0.1) is 18.9 Å². The van der Waals surface area contributed by atoms with Gasteiger partial charge in [-0.15, -0.1) is 0 Å². The number of likely N-dealkylation sites (N-methyl/N-ethyl adjacent to an activating group) is 1. The molecular formula is C30H31ClN6O5. The van der Waals surface area contributed by atoms with Crippen molar-refractivity contribution in [2.45, 2.75) is 13.0 Å². The quantitative estimate of drug-likeness (QED) is 0.342. The van der Waals surface area contributed by atoms with Gasteiger partial charge in [-0.1, -0.05) is 17.7 Å². The molecule has 0 bridgehead atoms. The van der Waals surface area contributed by atoms with Gasteiger partial charge in [0.25, 0.3) is 11.8 Å². The number of aromatic amines is 1. The highest BCUT2D eigenvalue weighted by Crippen LogP contribution is 2.37. The molecule has 0 aliphatic carbocycles. The van der Waals surface area contributed by atoms with Crippen LogP contribution in [0.1, 0.15) is 31.8 Å². The molecule has 218 valence electrons. The molecule has 3 atom stereocenters.